The van der Waals surface area contributed by atoms with E-state index in [1.54, 1.807) is 18.8 Å². The van der Waals surface area contributed by atoms with Crippen LogP contribution in [0.15, 0.2) is 6.07 Å². The van der Waals surface area contributed by atoms with Crippen LogP contribution in [0.3, 0.4) is 0 Å². The Hall–Kier alpha value is -1.40. The van der Waals surface area contributed by atoms with E-state index in [-0.39, 0.29) is 5.91 Å². The fourth-order valence-corrected chi connectivity index (χ4v) is 1.64. The van der Waals surface area contributed by atoms with Gasteiger partial charge in [0.25, 0.3) is 5.91 Å². The highest BCUT2D eigenvalue weighted by Crippen LogP contribution is 2.13. The first-order valence-corrected chi connectivity index (χ1v) is 6.58. The van der Waals surface area contributed by atoms with Gasteiger partial charge in [0.2, 0.25) is 0 Å². The summed E-state index contributed by atoms with van der Waals surface area (Å²) in [6, 6.07) is 1.85. The summed E-state index contributed by atoms with van der Waals surface area (Å²) in [5, 5.41) is 10.4. The van der Waals surface area contributed by atoms with Crippen molar-refractivity contribution in [3.8, 4) is 0 Å². The number of hydrogen-bond donors (Lipinski definition) is 2. The number of carbonyl (C=O) groups excluding carboxylic acids is 1. The molecule has 0 aliphatic heterocycles. The molecule has 1 heterocycles. The van der Waals surface area contributed by atoms with Crippen molar-refractivity contribution in [3.63, 3.8) is 0 Å². The van der Waals surface area contributed by atoms with E-state index in [1.807, 2.05) is 6.07 Å². The molecule has 108 valence electrons. The summed E-state index contributed by atoms with van der Waals surface area (Å²) in [5.74, 6) is 0.235. The molecule has 1 rings (SSSR count). The molecule has 0 bridgehead atoms. The Kier molecular flexibility index (Phi) is 6.52. The summed E-state index contributed by atoms with van der Waals surface area (Å²) in [7, 11) is 3.45. The van der Waals surface area contributed by atoms with Crippen molar-refractivity contribution in [1.82, 2.24) is 20.4 Å². The third-order valence-corrected chi connectivity index (χ3v) is 2.79. The molecule has 0 spiro atoms. The number of hydrogen-bond acceptors (Lipinski definition) is 4. The van der Waals surface area contributed by atoms with Gasteiger partial charge in [-0.2, -0.15) is 5.10 Å². The molecule has 19 heavy (non-hydrogen) atoms. The molecule has 0 radical (unpaired) electrons. The van der Waals surface area contributed by atoms with Crippen molar-refractivity contribution in [2.45, 2.75) is 19.8 Å². The van der Waals surface area contributed by atoms with Gasteiger partial charge in [0.15, 0.2) is 0 Å². The topological polar surface area (TPSA) is 68.2 Å². The van der Waals surface area contributed by atoms with Crippen LogP contribution in [-0.4, -0.2) is 49.0 Å². The van der Waals surface area contributed by atoms with Gasteiger partial charge in [0.1, 0.15) is 5.69 Å². The predicted octanol–water partition coefficient (Wildman–Crippen LogP) is 0.509. The summed E-state index contributed by atoms with van der Waals surface area (Å²) < 4.78 is 6.55. The van der Waals surface area contributed by atoms with Gasteiger partial charge in [0, 0.05) is 33.8 Å². The number of carbonyl (C=O) groups is 1. The molecule has 0 fully saturated rings. The van der Waals surface area contributed by atoms with E-state index < -0.39 is 0 Å². The maximum Gasteiger partial charge on any atom is 0.269 e. The number of rotatable bonds is 8. The average Bonchev–Trinajstić information content (AvgIpc) is 2.76. The maximum absolute atomic E-state index is 12.0. The van der Waals surface area contributed by atoms with E-state index in [0.717, 1.165) is 18.8 Å². The maximum atomic E-state index is 12.0. The van der Waals surface area contributed by atoms with Crippen LogP contribution in [0.4, 0.5) is 0 Å². The molecule has 6 nitrogen and oxygen atoms in total. The van der Waals surface area contributed by atoms with E-state index in [2.05, 4.69) is 29.6 Å². The van der Waals surface area contributed by atoms with Gasteiger partial charge in [-0.1, -0.05) is 13.8 Å². The first-order valence-electron chi connectivity index (χ1n) is 6.58. The summed E-state index contributed by atoms with van der Waals surface area (Å²) in [6.07, 6.45) is 0. The largest absolute Gasteiger partial charge is 0.383 e. The fraction of sp³-hybridized carbons (Fsp3) is 0.692. The smallest absolute Gasteiger partial charge is 0.269 e. The molecular weight excluding hydrogens is 244 g/mol. The van der Waals surface area contributed by atoms with Gasteiger partial charge in [-0.05, 0) is 12.0 Å². The van der Waals surface area contributed by atoms with Crippen LogP contribution >= 0.6 is 0 Å². The van der Waals surface area contributed by atoms with E-state index in [1.165, 1.54) is 0 Å². The highest BCUT2D eigenvalue weighted by atomic mass is 16.5. The second kappa shape index (κ2) is 7.91. The van der Waals surface area contributed by atoms with E-state index in [0.29, 0.717) is 24.8 Å². The normalized spacial score (nSPS) is 11.0. The summed E-state index contributed by atoms with van der Waals surface area (Å²) in [6.45, 7) is 6.89. The SMILES string of the molecule is COCCNCCNC(=O)c1cc(C(C)C)nn1C. The monoisotopic (exact) mass is 268 g/mol. The third-order valence-electron chi connectivity index (χ3n) is 2.79. The lowest BCUT2D eigenvalue weighted by Crippen LogP contribution is -2.33. The van der Waals surface area contributed by atoms with Crippen LogP contribution in [0, 0.1) is 0 Å². The number of nitrogens with one attached hydrogen (secondary N) is 2. The number of amides is 1. The molecule has 0 aliphatic rings. The van der Waals surface area contributed by atoms with Crippen LogP contribution < -0.4 is 10.6 Å². The van der Waals surface area contributed by atoms with Crippen LogP contribution in [0.2, 0.25) is 0 Å². The summed E-state index contributed by atoms with van der Waals surface area (Å²) >= 11 is 0. The zero-order chi connectivity index (χ0) is 14.3. The number of methoxy groups -OCH3 is 1. The highest BCUT2D eigenvalue weighted by Gasteiger charge is 2.14. The molecule has 2 N–H and O–H groups in total. The van der Waals surface area contributed by atoms with Crippen molar-refractivity contribution in [1.29, 1.82) is 0 Å². The molecule has 0 saturated carbocycles. The molecule has 0 aliphatic carbocycles. The molecule has 0 aromatic carbocycles. The number of ether oxygens (including phenoxy) is 1. The molecule has 0 saturated heterocycles. The Morgan fingerprint density at radius 3 is 2.74 bits per heavy atom. The third kappa shape index (κ3) is 5.00. The lowest BCUT2D eigenvalue weighted by Gasteiger charge is -2.06. The van der Waals surface area contributed by atoms with Crippen LogP contribution in [-0.2, 0) is 11.8 Å². The minimum Gasteiger partial charge on any atom is -0.383 e. The Morgan fingerprint density at radius 1 is 1.42 bits per heavy atom. The van der Waals surface area contributed by atoms with Crippen molar-refractivity contribution >= 4 is 5.91 Å². The van der Waals surface area contributed by atoms with Crippen molar-refractivity contribution in [3.05, 3.63) is 17.5 Å². The average molecular weight is 268 g/mol. The predicted molar refractivity (Wildman–Crippen MR) is 74.4 cm³/mol. The Labute approximate surface area is 114 Å². The summed E-state index contributed by atoms with van der Waals surface area (Å²) in [5.41, 5.74) is 1.53. The molecule has 1 amide bonds. The minimum absolute atomic E-state index is 0.0876. The molecular formula is C13H24N4O2. The second-order valence-corrected chi connectivity index (χ2v) is 4.73. The van der Waals surface area contributed by atoms with Crippen LogP contribution in [0.25, 0.3) is 0 Å². The van der Waals surface area contributed by atoms with Crippen molar-refractivity contribution in [2.24, 2.45) is 7.05 Å². The Bertz CT molecular complexity index is 401. The van der Waals surface area contributed by atoms with Gasteiger partial charge in [-0.15, -0.1) is 0 Å². The van der Waals surface area contributed by atoms with Crippen LogP contribution in [0.1, 0.15) is 35.9 Å². The zero-order valence-electron chi connectivity index (χ0n) is 12.2. The molecule has 1 aromatic rings. The molecule has 1 aromatic heterocycles. The quantitative estimate of drug-likeness (QED) is 0.674. The lowest BCUT2D eigenvalue weighted by atomic mass is 10.1. The molecule has 0 unspecified atom stereocenters. The van der Waals surface area contributed by atoms with Crippen LogP contribution in [0.5, 0.6) is 0 Å². The summed E-state index contributed by atoms with van der Waals surface area (Å²) in [4.78, 5) is 12.0. The van der Waals surface area contributed by atoms with Gasteiger partial charge < -0.3 is 15.4 Å². The van der Waals surface area contributed by atoms with E-state index in [4.69, 9.17) is 4.74 Å². The van der Waals surface area contributed by atoms with Gasteiger partial charge >= 0.3 is 0 Å². The van der Waals surface area contributed by atoms with E-state index in [9.17, 15) is 4.79 Å². The minimum atomic E-state index is -0.0876. The van der Waals surface area contributed by atoms with Gasteiger partial charge in [-0.25, -0.2) is 0 Å². The molecule has 0 atom stereocenters. The highest BCUT2D eigenvalue weighted by molar-refractivity contribution is 5.92. The first-order chi connectivity index (χ1) is 9.06. The number of aryl methyl sites for hydroxylation is 1. The molecule has 6 heteroatoms. The van der Waals surface area contributed by atoms with E-state index >= 15 is 0 Å². The Balaban J connectivity index is 2.37. The second-order valence-electron chi connectivity index (χ2n) is 4.73. The van der Waals surface area contributed by atoms with Gasteiger partial charge in [-0.3, -0.25) is 9.48 Å². The van der Waals surface area contributed by atoms with Crippen molar-refractivity contribution in [2.75, 3.05) is 33.4 Å². The van der Waals surface area contributed by atoms with Gasteiger partial charge in [0.05, 0.1) is 12.3 Å². The standard InChI is InChI=1S/C13H24N4O2/c1-10(2)11-9-12(17(3)16-11)13(18)15-6-5-14-7-8-19-4/h9-10,14H,5-8H2,1-4H3,(H,15,18). The number of nitrogens with zero attached hydrogens (tertiary/aromatic N) is 2. The first kappa shape index (κ1) is 15.7. The fourth-order valence-electron chi connectivity index (χ4n) is 1.64. The Morgan fingerprint density at radius 2 is 2.16 bits per heavy atom. The number of aromatic nitrogens is 2. The lowest BCUT2D eigenvalue weighted by molar-refractivity contribution is 0.0944. The van der Waals surface area contributed by atoms with Crippen molar-refractivity contribution < 1.29 is 9.53 Å². The zero-order valence-corrected chi connectivity index (χ0v) is 12.2.